The Morgan fingerprint density at radius 3 is 2.93 bits per heavy atom. The molecule has 0 radical (unpaired) electrons. The summed E-state index contributed by atoms with van der Waals surface area (Å²) < 4.78 is 7.96. The van der Waals surface area contributed by atoms with Crippen LogP contribution in [0, 0.1) is 0 Å². The van der Waals surface area contributed by atoms with Crippen LogP contribution in [-0.4, -0.2) is 61.2 Å². The van der Waals surface area contributed by atoms with Crippen LogP contribution in [0.4, 0.5) is 0 Å². The van der Waals surface area contributed by atoms with Gasteiger partial charge in [0.25, 0.3) is 11.8 Å². The summed E-state index contributed by atoms with van der Waals surface area (Å²) in [4.78, 5) is 29.9. The van der Waals surface area contributed by atoms with Crippen molar-refractivity contribution in [2.75, 3.05) is 13.1 Å². The molecule has 4 heterocycles. The fraction of sp³-hybridized carbons (Fsp3) is 0.556. The lowest BCUT2D eigenvalue weighted by atomic mass is 9.93. The predicted molar refractivity (Wildman–Crippen MR) is 94.0 cm³/mol. The van der Waals surface area contributed by atoms with E-state index in [9.17, 15) is 9.59 Å². The van der Waals surface area contributed by atoms with Gasteiger partial charge in [-0.25, -0.2) is 0 Å². The molecule has 5 rings (SSSR count). The number of amides is 2. The highest BCUT2D eigenvalue weighted by atomic mass is 16.5. The third-order valence-corrected chi connectivity index (χ3v) is 5.87. The van der Waals surface area contributed by atoms with E-state index in [1.165, 1.54) is 0 Å². The molecule has 1 aliphatic carbocycles. The van der Waals surface area contributed by atoms with Crippen LogP contribution in [0.2, 0.25) is 0 Å². The predicted octanol–water partition coefficient (Wildman–Crippen LogP) is 0.704. The molecule has 2 N–H and O–H groups in total. The average molecular weight is 370 g/mol. The summed E-state index contributed by atoms with van der Waals surface area (Å²) in [5.74, 6) is 0.827. The number of H-pyrrole nitrogens is 1. The molecular formula is C18H22N6O3. The summed E-state index contributed by atoms with van der Waals surface area (Å²) in [5, 5.41) is 11.2. The molecule has 1 saturated heterocycles. The molecule has 3 aliphatic rings. The Balaban J connectivity index is 1.32. The number of carbonyl (C=O) groups is 2. The largest absolute Gasteiger partial charge is 0.367 e. The van der Waals surface area contributed by atoms with Crippen molar-refractivity contribution in [1.29, 1.82) is 0 Å². The second-order valence-corrected chi connectivity index (χ2v) is 7.68. The number of aromatic nitrogens is 4. The molecule has 0 bridgehead atoms. The molecule has 1 saturated carbocycles. The lowest BCUT2D eigenvalue weighted by Crippen LogP contribution is -2.46. The summed E-state index contributed by atoms with van der Waals surface area (Å²) in [6.07, 6.45) is 7.38. The van der Waals surface area contributed by atoms with Crippen LogP contribution in [0.25, 0.3) is 0 Å². The maximum atomic E-state index is 12.6. The highest BCUT2D eigenvalue weighted by Crippen LogP contribution is 2.33. The lowest BCUT2D eigenvalue weighted by Gasteiger charge is -2.34. The van der Waals surface area contributed by atoms with Gasteiger partial charge in [-0.05, 0) is 31.7 Å². The first-order valence-corrected chi connectivity index (χ1v) is 9.43. The summed E-state index contributed by atoms with van der Waals surface area (Å²) in [6.45, 7) is 1.92. The Kier molecular flexibility index (Phi) is 3.78. The first-order valence-electron chi connectivity index (χ1n) is 9.43. The number of likely N-dealkylation sites (tertiary alicyclic amines) is 1. The molecule has 9 nitrogen and oxygen atoms in total. The van der Waals surface area contributed by atoms with E-state index in [-0.39, 0.29) is 17.9 Å². The molecule has 9 heteroatoms. The fourth-order valence-corrected chi connectivity index (χ4v) is 4.03. The monoisotopic (exact) mass is 370 g/mol. The molecule has 2 fully saturated rings. The van der Waals surface area contributed by atoms with Crippen molar-refractivity contribution in [1.82, 2.24) is 30.0 Å². The molecule has 2 aliphatic heterocycles. The normalized spacial score (nSPS) is 24.7. The SMILES string of the molecule is O=C(NC1CCC1)c1nnc2n1CC1(CCN(C(=O)c3cc[nH]c3)C1)OC2. The van der Waals surface area contributed by atoms with E-state index in [0.29, 0.717) is 43.5 Å². The Labute approximate surface area is 156 Å². The fourth-order valence-electron chi connectivity index (χ4n) is 4.03. The van der Waals surface area contributed by atoms with Crippen LogP contribution in [0.3, 0.4) is 0 Å². The highest BCUT2D eigenvalue weighted by molar-refractivity contribution is 5.94. The minimum absolute atomic E-state index is 0.00534. The number of fused-ring (bicyclic) bond motifs is 1. The Bertz CT molecular complexity index is 872. The lowest BCUT2D eigenvalue weighted by molar-refractivity contribution is -0.0812. The third kappa shape index (κ3) is 2.82. The van der Waals surface area contributed by atoms with Crippen molar-refractivity contribution in [3.8, 4) is 0 Å². The first kappa shape index (κ1) is 16.5. The zero-order valence-corrected chi connectivity index (χ0v) is 15.0. The standard InChI is InChI=1S/C18H22N6O3/c25-16(20-13-2-1-3-13)15-22-21-14-9-27-18(11-24(14)15)5-7-23(10-18)17(26)12-4-6-19-8-12/h4,6,8,13,19H,1-3,5,7,9-11H2,(H,20,25). The van der Waals surface area contributed by atoms with E-state index >= 15 is 0 Å². The summed E-state index contributed by atoms with van der Waals surface area (Å²) >= 11 is 0. The Morgan fingerprint density at radius 2 is 2.19 bits per heavy atom. The van der Waals surface area contributed by atoms with Gasteiger partial charge in [0, 0.05) is 25.0 Å². The summed E-state index contributed by atoms with van der Waals surface area (Å²) in [6, 6.07) is 2.02. The van der Waals surface area contributed by atoms with Crippen LogP contribution in [0.5, 0.6) is 0 Å². The second kappa shape index (κ2) is 6.19. The maximum absolute atomic E-state index is 12.6. The van der Waals surface area contributed by atoms with Gasteiger partial charge in [0.2, 0.25) is 5.82 Å². The van der Waals surface area contributed by atoms with E-state index < -0.39 is 5.60 Å². The van der Waals surface area contributed by atoms with E-state index in [0.717, 1.165) is 25.7 Å². The van der Waals surface area contributed by atoms with Gasteiger partial charge in [0.15, 0.2) is 5.82 Å². The Hall–Kier alpha value is -2.68. The van der Waals surface area contributed by atoms with Gasteiger partial charge in [-0.1, -0.05) is 0 Å². The van der Waals surface area contributed by atoms with Crippen LogP contribution in [0.15, 0.2) is 18.5 Å². The molecule has 142 valence electrons. The van der Waals surface area contributed by atoms with E-state index in [2.05, 4.69) is 20.5 Å². The minimum atomic E-state index is -0.493. The van der Waals surface area contributed by atoms with Gasteiger partial charge >= 0.3 is 0 Å². The smallest absolute Gasteiger partial charge is 0.289 e. The van der Waals surface area contributed by atoms with Gasteiger partial charge in [-0.2, -0.15) is 0 Å². The number of rotatable bonds is 3. The van der Waals surface area contributed by atoms with Crippen molar-refractivity contribution in [3.63, 3.8) is 0 Å². The molecule has 1 atom stereocenters. The highest BCUT2D eigenvalue weighted by Gasteiger charge is 2.45. The van der Waals surface area contributed by atoms with Crippen molar-refractivity contribution in [2.24, 2.45) is 0 Å². The van der Waals surface area contributed by atoms with E-state index in [1.54, 1.807) is 18.5 Å². The van der Waals surface area contributed by atoms with Crippen molar-refractivity contribution in [2.45, 2.75) is 50.5 Å². The Morgan fingerprint density at radius 1 is 1.30 bits per heavy atom. The van der Waals surface area contributed by atoms with Crippen molar-refractivity contribution < 1.29 is 14.3 Å². The molecule has 27 heavy (non-hydrogen) atoms. The topological polar surface area (TPSA) is 105 Å². The maximum Gasteiger partial charge on any atom is 0.289 e. The number of hydrogen-bond acceptors (Lipinski definition) is 5. The molecular weight excluding hydrogens is 348 g/mol. The third-order valence-electron chi connectivity index (χ3n) is 5.87. The van der Waals surface area contributed by atoms with Crippen LogP contribution >= 0.6 is 0 Å². The minimum Gasteiger partial charge on any atom is -0.367 e. The molecule has 1 unspecified atom stereocenters. The zero-order chi connectivity index (χ0) is 18.4. The number of ether oxygens (including phenoxy) is 1. The van der Waals surface area contributed by atoms with E-state index in [1.807, 2.05) is 9.47 Å². The molecule has 0 aromatic carbocycles. The van der Waals surface area contributed by atoms with Crippen LogP contribution < -0.4 is 5.32 Å². The summed E-state index contributed by atoms with van der Waals surface area (Å²) in [5.41, 5.74) is 0.153. The quantitative estimate of drug-likeness (QED) is 0.828. The number of nitrogens with one attached hydrogen (secondary N) is 2. The van der Waals surface area contributed by atoms with Gasteiger partial charge in [-0.3, -0.25) is 9.59 Å². The van der Waals surface area contributed by atoms with Crippen molar-refractivity contribution >= 4 is 11.8 Å². The van der Waals surface area contributed by atoms with Gasteiger partial charge < -0.3 is 24.5 Å². The van der Waals surface area contributed by atoms with E-state index in [4.69, 9.17) is 4.74 Å². The molecule has 1 spiro atoms. The van der Waals surface area contributed by atoms with Gasteiger partial charge in [0.1, 0.15) is 12.2 Å². The van der Waals surface area contributed by atoms with Crippen LogP contribution in [0.1, 0.15) is 52.5 Å². The number of nitrogens with zero attached hydrogens (tertiary/aromatic N) is 4. The van der Waals surface area contributed by atoms with Gasteiger partial charge in [0.05, 0.1) is 18.7 Å². The molecule has 2 aromatic heterocycles. The number of hydrogen-bond donors (Lipinski definition) is 2. The van der Waals surface area contributed by atoms with Crippen molar-refractivity contribution in [3.05, 3.63) is 35.7 Å². The second-order valence-electron chi connectivity index (χ2n) is 7.68. The molecule has 2 aromatic rings. The molecule has 2 amide bonds. The zero-order valence-electron chi connectivity index (χ0n) is 15.0. The summed E-state index contributed by atoms with van der Waals surface area (Å²) in [7, 11) is 0. The first-order chi connectivity index (χ1) is 13.1. The number of aromatic amines is 1. The average Bonchev–Trinajstić information content (AvgIpc) is 3.37. The number of carbonyl (C=O) groups excluding carboxylic acids is 2. The van der Waals surface area contributed by atoms with Gasteiger partial charge in [-0.15, -0.1) is 10.2 Å². The van der Waals surface area contributed by atoms with Crippen LogP contribution in [-0.2, 0) is 17.9 Å².